The Labute approximate surface area is 115 Å². The highest BCUT2D eigenvalue weighted by atomic mass is 16.1. The van der Waals surface area contributed by atoms with Crippen LogP contribution in [0.15, 0.2) is 23.5 Å². The normalized spacial score (nSPS) is 10.2. The highest BCUT2D eigenvalue weighted by Crippen LogP contribution is 2.09. The van der Waals surface area contributed by atoms with Gasteiger partial charge in [-0.1, -0.05) is 13.8 Å². The molecule has 0 fully saturated rings. The predicted octanol–water partition coefficient (Wildman–Crippen LogP) is 0.828. The second-order valence-corrected chi connectivity index (χ2v) is 4.64. The van der Waals surface area contributed by atoms with Gasteiger partial charge in [0, 0.05) is 18.9 Å². The zero-order valence-corrected chi connectivity index (χ0v) is 11.1. The van der Waals surface area contributed by atoms with Crippen LogP contribution in [0.1, 0.15) is 25.2 Å². The smallest absolute Gasteiger partial charge is 0.294 e. The van der Waals surface area contributed by atoms with Crippen LogP contribution in [0.4, 0.5) is 0 Å². The quantitative estimate of drug-likeness (QED) is 0.820. The van der Waals surface area contributed by atoms with E-state index < -0.39 is 0 Å². The van der Waals surface area contributed by atoms with E-state index in [1.54, 1.807) is 6.20 Å². The third-order valence-electron chi connectivity index (χ3n) is 2.66. The van der Waals surface area contributed by atoms with E-state index >= 15 is 0 Å². The summed E-state index contributed by atoms with van der Waals surface area (Å²) in [7, 11) is 0. The van der Waals surface area contributed by atoms with Crippen LogP contribution in [0.25, 0.3) is 5.82 Å². The highest BCUT2D eigenvalue weighted by molar-refractivity contribution is 5.40. The first-order valence-electron chi connectivity index (χ1n) is 6.01. The Balaban J connectivity index is 2.61. The Morgan fingerprint density at radius 1 is 1.30 bits per heavy atom. The summed E-state index contributed by atoms with van der Waals surface area (Å²) >= 11 is 0. The number of aromatic nitrogens is 4. The Morgan fingerprint density at radius 2 is 2.05 bits per heavy atom. The van der Waals surface area contributed by atoms with Crippen molar-refractivity contribution in [2.24, 2.45) is 5.92 Å². The Bertz CT molecular complexity index is 771. The van der Waals surface area contributed by atoms with Crippen molar-refractivity contribution in [3.05, 3.63) is 40.5 Å². The van der Waals surface area contributed by atoms with Crippen LogP contribution in [0.3, 0.4) is 0 Å². The van der Waals surface area contributed by atoms with Crippen molar-refractivity contribution in [2.45, 2.75) is 20.4 Å². The number of nitrogens with zero attached hydrogens (tertiary/aromatic N) is 6. The zero-order chi connectivity index (χ0) is 14.7. The lowest BCUT2D eigenvalue weighted by molar-refractivity contribution is 0.507. The molecule has 2 rings (SSSR count). The third kappa shape index (κ3) is 2.29. The SMILES string of the molecule is CC(C)Cn1ccnc(-n2cnc(C#N)c2C#N)c1=O. The first-order valence-corrected chi connectivity index (χ1v) is 6.01. The topological polar surface area (TPSA) is 100 Å². The Kier molecular flexibility index (Phi) is 3.62. The van der Waals surface area contributed by atoms with Gasteiger partial charge in [0.25, 0.3) is 5.56 Å². The van der Waals surface area contributed by atoms with Gasteiger partial charge in [0.2, 0.25) is 5.82 Å². The maximum atomic E-state index is 12.3. The molecule has 0 atom stereocenters. The maximum Gasteiger partial charge on any atom is 0.294 e. The number of imidazole rings is 1. The molecule has 0 spiro atoms. The number of nitriles is 2. The summed E-state index contributed by atoms with van der Waals surface area (Å²) in [6.45, 7) is 4.55. The summed E-state index contributed by atoms with van der Waals surface area (Å²) in [6, 6.07) is 3.68. The monoisotopic (exact) mass is 268 g/mol. The van der Waals surface area contributed by atoms with Crippen molar-refractivity contribution in [1.82, 2.24) is 19.1 Å². The van der Waals surface area contributed by atoms with Crippen molar-refractivity contribution in [2.75, 3.05) is 0 Å². The van der Waals surface area contributed by atoms with E-state index in [4.69, 9.17) is 10.5 Å². The van der Waals surface area contributed by atoms with E-state index in [2.05, 4.69) is 9.97 Å². The van der Waals surface area contributed by atoms with Crippen LogP contribution in [0.2, 0.25) is 0 Å². The molecule has 100 valence electrons. The second-order valence-electron chi connectivity index (χ2n) is 4.64. The minimum Gasteiger partial charge on any atom is -0.311 e. The fraction of sp³-hybridized carbons (Fsp3) is 0.308. The van der Waals surface area contributed by atoms with E-state index in [1.165, 1.54) is 21.7 Å². The lowest BCUT2D eigenvalue weighted by Gasteiger charge is -2.10. The molecule has 2 aromatic heterocycles. The van der Waals surface area contributed by atoms with Gasteiger partial charge < -0.3 is 4.57 Å². The van der Waals surface area contributed by atoms with Gasteiger partial charge in [0.05, 0.1) is 0 Å². The van der Waals surface area contributed by atoms with Crippen LogP contribution in [0.5, 0.6) is 0 Å². The molecule has 0 saturated heterocycles. The van der Waals surface area contributed by atoms with E-state index in [9.17, 15) is 4.79 Å². The van der Waals surface area contributed by atoms with E-state index in [1.807, 2.05) is 26.0 Å². The summed E-state index contributed by atoms with van der Waals surface area (Å²) in [4.78, 5) is 20.1. The molecule has 0 bridgehead atoms. The summed E-state index contributed by atoms with van der Waals surface area (Å²) in [6.07, 6.45) is 4.35. The molecule has 0 N–H and O–H groups in total. The Hall–Kier alpha value is -2.93. The van der Waals surface area contributed by atoms with Gasteiger partial charge in [-0.15, -0.1) is 0 Å². The maximum absolute atomic E-state index is 12.3. The standard InChI is InChI=1S/C13H12N6O/c1-9(2)7-18-4-3-16-12(13(18)20)19-8-17-10(5-14)11(19)6-15/h3-4,8-9H,7H2,1-2H3. The molecule has 20 heavy (non-hydrogen) atoms. The molecule has 0 unspecified atom stereocenters. The van der Waals surface area contributed by atoms with Crippen molar-refractivity contribution in [3.63, 3.8) is 0 Å². The number of hydrogen-bond acceptors (Lipinski definition) is 5. The fourth-order valence-corrected chi connectivity index (χ4v) is 1.84. The molecule has 0 aliphatic rings. The van der Waals surface area contributed by atoms with E-state index in [0.717, 1.165) is 0 Å². The molecule has 7 nitrogen and oxygen atoms in total. The Morgan fingerprint density at radius 3 is 2.65 bits per heavy atom. The first kappa shape index (κ1) is 13.5. The molecular formula is C13H12N6O. The molecule has 2 heterocycles. The fourth-order valence-electron chi connectivity index (χ4n) is 1.84. The molecule has 0 aliphatic carbocycles. The second kappa shape index (κ2) is 5.37. The summed E-state index contributed by atoms with van der Waals surface area (Å²) in [5.74, 6) is 0.370. The molecule has 0 saturated carbocycles. The predicted molar refractivity (Wildman–Crippen MR) is 69.9 cm³/mol. The summed E-state index contributed by atoms with van der Waals surface area (Å²) in [5.41, 5.74) is -0.327. The largest absolute Gasteiger partial charge is 0.311 e. The van der Waals surface area contributed by atoms with E-state index in [-0.39, 0.29) is 22.8 Å². The number of rotatable bonds is 3. The molecular weight excluding hydrogens is 256 g/mol. The van der Waals surface area contributed by atoms with Crippen LogP contribution in [-0.4, -0.2) is 19.1 Å². The van der Waals surface area contributed by atoms with Gasteiger partial charge in [0.15, 0.2) is 11.4 Å². The average molecular weight is 268 g/mol. The van der Waals surface area contributed by atoms with Crippen LogP contribution in [0, 0.1) is 28.6 Å². The molecule has 0 amide bonds. The minimum absolute atomic E-state index is 0.0133. The van der Waals surface area contributed by atoms with Crippen LogP contribution < -0.4 is 5.56 Å². The molecule has 0 radical (unpaired) electrons. The molecule has 0 aromatic carbocycles. The zero-order valence-electron chi connectivity index (χ0n) is 11.1. The lowest BCUT2D eigenvalue weighted by Crippen LogP contribution is -2.27. The number of hydrogen-bond donors (Lipinski definition) is 0. The van der Waals surface area contributed by atoms with Gasteiger partial charge in [-0.05, 0) is 5.92 Å². The van der Waals surface area contributed by atoms with Crippen molar-refractivity contribution >= 4 is 0 Å². The first-order chi connectivity index (χ1) is 9.58. The lowest BCUT2D eigenvalue weighted by atomic mass is 10.2. The molecule has 2 aromatic rings. The minimum atomic E-state index is -0.320. The summed E-state index contributed by atoms with van der Waals surface area (Å²) < 4.78 is 2.78. The van der Waals surface area contributed by atoms with Gasteiger partial charge in [-0.3, -0.25) is 9.36 Å². The van der Waals surface area contributed by atoms with E-state index in [0.29, 0.717) is 12.5 Å². The third-order valence-corrected chi connectivity index (χ3v) is 2.66. The molecule has 7 heteroatoms. The van der Waals surface area contributed by atoms with Gasteiger partial charge >= 0.3 is 0 Å². The van der Waals surface area contributed by atoms with Crippen molar-refractivity contribution < 1.29 is 0 Å². The summed E-state index contributed by atoms with van der Waals surface area (Å²) in [5, 5.41) is 18.0. The van der Waals surface area contributed by atoms with Crippen LogP contribution >= 0.6 is 0 Å². The van der Waals surface area contributed by atoms with Gasteiger partial charge in [0.1, 0.15) is 18.5 Å². The highest BCUT2D eigenvalue weighted by Gasteiger charge is 2.16. The molecule has 0 aliphatic heterocycles. The van der Waals surface area contributed by atoms with Crippen molar-refractivity contribution in [1.29, 1.82) is 10.5 Å². The average Bonchev–Trinajstić information content (AvgIpc) is 2.83. The van der Waals surface area contributed by atoms with Crippen LogP contribution in [-0.2, 0) is 6.54 Å². The van der Waals surface area contributed by atoms with Gasteiger partial charge in [-0.25, -0.2) is 9.97 Å². The van der Waals surface area contributed by atoms with Gasteiger partial charge in [-0.2, -0.15) is 10.5 Å². The van der Waals surface area contributed by atoms with Crippen molar-refractivity contribution in [3.8, 4) is 18.0 Å².